The van der Waals surface area contributed by atoms with Crippen molar-refractivity contribution < 1.29 is 4.74 Å². The molecule has 2 aromatic carbocycles. The Bertz CT molecular complexity index is 540. The molecule has 0 bridgehead atoms. The SMILES string of the molecule is CCCOc1ccc(C(CN)Nc2ccc(Cl)cc2)cc1. The number of halogens is 1. The molecule has 112 valence electrons. The maximum Gasteiger partial charge on any atom is 0.119 e. The van der Waals surface area contributed by atoms with Crippen LogP contribution in [-0.2, 0) is 0 Å². The number of nitrogens with two attached hydrogens (primary N) is 1. The summed E-state index contributed by atoms with van der Waals surface area (Å²) in [6, 6.07) is 15.7. The van der Waals surface area contributed by atoms with E-state index in [1.54, 1.807) is 0 Å². The van der Waals surface area contributed by atoms with E-state index < -0.39 is 0 Å². The molecule has 1 unspecified atom stereocenters. The lowest BCUT2D eigenvalue weighted by Gasteiger charge is -2.19. The molecule has 0 radical (unpaired) electrons. The van der Waals surface area contributed by atoms with Crippen LogP contribution >= 0.6 is 11.6 Å². The third kappa shape index (κ3) is 4.66. The van der Waals surface area contributed by atoms with E-state index >= 15 is 0 Å². The summed E-state index contributed by atoms with van der Waals surface area (Å²) >= 11 is 5.89. The molecular formula is C17H21ClN2O. The standard InChI is InChI=1S/C17H21ClN2O/c1-2-11-21-16-9-3-13(4-10-16)17(12-19)20-15-7-5-14(18)6-8-15/h3-10,17,20H,2,11-12,19H2,1H3. The molecule has 21 heavy (non-hydrogen) atoms. The summed E-state index contributed by atoms with van der Waals surface area (Å²) < 4.78 is 5.59. The topological polar surface area (TPSA) is 47.3 Å². The number of benzene rings is 2. The zero-order valence-corrected chi connectivity index (χ0v) is 12.9. The highest BCUT2D eigenvalue weighted by Crippen LogP contribution is 2.22. The lowest BCUT2D eigenvalue weighted by Crippen LogP contribution is -2.20. The number of anilines is 1. The lowest BCUT2D eigenvalue weighted by atomic mass is 10.1. The first-order chi connectivity index (χ1) is 10.2. The zero-order valence-electron chi connectivity index (χ0n) is 12.2. The van der Waals surface area contributed by atoms with Gasteiger partial charge in [-0.05, 0) is 48.4 Å². The molecule has 0 saturated carbocycles. The van der Waals surface area contributed by atoms with Crippen molar-refractivity contribution in [1.29, 1.82) is 0 Å². The molecule has 0 spiro atoms. The quantitative estimate of drug-likeness (QED) is 0.804. The first-order valence-corrected chi connectivity index (χ1v) is 7.55. The summed E-state index contributed by atoms with van der Waals surface area (Å²) in [5, 5.41) is 4.13. The van der Waals surface area contributed by atoms with Crippen LogP contribution in [0.15, 0.2) is 48.5 Å². The second kappa shape index (κ2) is 7.91. The minimum Gasteiger partial charge on any atom is -0.494 e. The third-order valence-corrected chi connectivity index (χ3v) is 3.43. The van der Waals surface area contributed by atoms with Gasteiger partial charge in [0.15, 0.2) is 0 Å². The van der Waals surface area contributed by atoms with Crippen molar-refractivity contribution in [2.75, 3.05) is 18.5 Å². The molecule has 0 aliphatic carbocycles. The van der Waals surface area contributed by atoms with Crippen molar-refractivity contribution >= 4 is 17.3 Å². The molecule has 0 aliphatic rings. The monoisotopic (exact) mass is 304 g/mol. The van der Waals surface area contributed by atoms with Crippen LogP contribution in [0.4, 0.5) is 5.69 Å². The van der Waals surface area contributed by atoms with Crippen molar-refractivity contribution in [3.63, 3.8) is 0 Å². The lowest BCUT2D eigenvalue weighted by molar-refractivity contribution is 0.317. The van der Waals surface area contributed by atoms with Gasteiger partial charge in [0.1, 0.15) is 5.75 Å². The van der Waals surface area contributed by atoms with E-state index in [0.717, 1.165) is 35.1 Å². The van der Waals surface area contributed by atoms with Crippen LogP contribution < -0.4 is 15.8 Å². The number of hydrogen-bond acceptors (Lipinski definition) is 3. The smallest absolute Gasteiger partial charge is 0.119 e. The van der Waals surface area contributed by atoms with Crippen molar-refractivity contribution in [2.45, 2.75) is 19.4 Å². The van der Waals surface area contributed by atoms with Crippen LogP contribution in [0.25, 0.3) is 0 Å². The van der Waals surface area contributed by atoms with Crippen molar-refractivity contribution in [3.8, 4) is 5.75 Å². The second-order valence-electron chi connectivity index (χ2n) is 4.86. The summed E-state index contributed by atoms with van der Waals surface area (Å²) in [6.45, 7) is 3.34. The van der Waals surface area contributed by atoms with E-state index in [-0.39, 0.29) is 6.04 Å². The Morgan fingerprint density at radius 2 is 1.76 bits per heavy atom. The minimum atomic E-state index is 0.0615. The van der Waals surface area contributed by atoms with E-state index in [9.17, 15) is 0 Å². The molecule has 0 amide bonds. The molecule has 1 atom stereocenters. The van der Waals surface area contributed by atoms with Gasteiger partial charge in [-0.2, -0.15) is 0 Å². The van der Waals surface area contributed by atoms with Crippen LogP contribution in [0.2, 0.25) is 5.02 Å². The molecule has 3 N–H and O–H groups in total. The summed E-state index contributed by atoms with van der Waals surface area (Å²) in [7, 11) is 0. The van der Waals surface area contributed by atoms with Crippen molar-refractivity contribution in [2.24, 2.45) is 5.73 Å². The van der Waals surface area contributed by atoms with Crippen molar-refractivity contribution in [1.82, 2.24) is 0 Å². The van der Waals surface area contributed by atoms with Gasteiger partial charge in [-0.25, -0.2) is 0 Å². The Labute approximate surface area is 131 Å². The van der Waals surface area contributed by atoms with Crippen LogP contribution in [-0.4, -0.2) is 13.2 Å². The van der Waals surface area contributed by atoms with E-state index in [1.165, 1.54) is 0 Å². The molecule has 0 saturated heterocycles. The average molecular weight is 305 g/mol. The Balaban J connectivity index is 2.04. The molecule has 0 aromatic heterocycles. The van der Waals surface area contributed by atoms with E-state index in [1.807, 2.05) is 48.5 Å². The summed E-state index contributed by atoms with van der Waals surface area (Å²) in [6.07, 6.45) is 1.01. The molecule has 0 aliphatic heterocycles. The molecule has 2 rings (SSSR count). The third-order valence-electron chi connectivity index (χ3n) is 3.18. The van der Waals surface area contributed by atoms with Gasteiger partial charge >= 0.3 is 0 Å². The highest BCUT2D eigenvalue weighted by Gasteiger charge is 2.09. The summed E-state index contributed by atoms with van der Waals surface area (Å²) in [5.41, 5.74) is 8.02. The summed E-state index contributed by atoms with van der Waals surface area (Å²) in [5.74, 6) is 0.892. The fourth-order valence-corrected chi connectivity index (χ4v) is 2.17. The van der Waals surface area contributed by atoms with Gasteiger partial charge in [-0.15, -0.1) is 0 Å². The molecule has 0 fully saturated rings. The number of ether oxygens (including phenoxy) is 1. The van der Waals surface area contributed by atoms with Gasteiger partial charge in [-0.1, -0.05) is 30.7 Å². The van der Waals surface area contributed by atoms with Gasteiger partial charge in [0.05, 0.1) is 12.6 Å². The van der Waals surface area contributed by atoms with Crippen LogP contribution in [0, 0.1) is 0 Å². The maximum atomic E-state index is 5.89. The van der Waals surface area contributed by atoms with Gasteiger partial charge in [0.2, 0.25) is 0 Å². The number of hydrogen-bond donors (Lipinski definition) is 2. The van der Waals surface area contributed by atoms with E-state index in [4.69, 9.17) is 22.1 Å². The fourth-order valence-electron chi connectivity index (χ4n) is 2.04. The Morgan fingerprint density at radius 1 is 1.10 bits per heavy atom. The highest BCUT2D eigenvalue weighted by molar-refractivity contribution is 6.30. The predicted molar refractivity (Wildman–Crippen MR) is 89.1 cm³/mol. The van der Waals surface area contributed by atoms with Gasteiger partial charge < -0.3 is 15.8 Å². The average Bonchev–Trinajstić information content (AvgIpc) is 2.53. The second-order valence-corrected chi connectivity index (χ2v) is 5.29. The largest absolute Gasteiger partial charge is 0.494 e. The van der Waals surface area contributed by atoms with E-state index in [2.05, 4.69) is 12.2 Å². The normalized spacial score (nSPS) is 12.0. The van der Waals surface area contributed by atoms with E-state index in [0.29, 0.717) is 6.54 Å². The zero-order chi connectivity index (χ0) is 15.1. The Hall–Kier alpha value is -1.71. The first kappa shape index (κ1) is 15.7. The van der Waals surface area contributed by atoms with Crippen LogP contribution in [0.3, 0.4) is 0 Å². The maximum absolute atomic E-state index is 5.89. The van der Waals surface area contributed by atoms with Gasteiger partial charge in [0, 0.05) is 17.3 Å². The van der Waals surface area contributed by atoms with Crippen molar-refractivity contribution in [3.05, 3.63) is 59.1 Å². The number of rotatable bonds is 7. The molecule has 3 nitrogen and oxygen atoms in total. The summed E-state index contributed by atoms with van der Waals surface area (Å²) in [4.78, 5) is 0. The van der Waals surface area contributed by atoms with Crippen LogP contribution in [0.5, 0.6) is 5.75 Å². The molecule has 0 heterocycles. The van der Waals surface area contributed by atoms with Gasteiger partial charge in [-0.3, -0.25) is 0 Å². The fraction of sp³-hybridized carbons (Fsp3) is 0.294. The molecule has 4 heteroatoms. The Morgan fingerprint density at radius 3 is 2.33 bits per heavy atom. The number of nitrogens with one attached hydrogen (secondary N) is 1. The highest BCUT2D eigenvalue weighted by atomic mass is 35.5. The Kier molecular flexibility index (Phi) is 5.90. The first-order valence-electron chi connectivity index (χ1n) is 7.18. The molecule has 2 aromatic rings. The van der Waals surface area contributed by atoms with Crippen LogP contribution in [0.1, 0.15) is 24.9 Å². The molecular weight excluding hydrogens is 284 g/mol. The minimum absolute atomic E-state index is 0.0615. The predicted octanol–water partition coefficient (Wildman–Crippen LogP) is 4.24. The van der Waals surface area contributed by atoms with Gasteiger partial charge in [0.25, 0.3) is 0 Å².